The molecule has 0 bridgehead atoms. The molecule has 0 fully saturated rings. The Kier molecular flexibility index (Phi) is 4.27. The lowest BCUT2D eigenvalue weighted by Gasteiger charge is -2.14. The number of nitrogens with zero attached hydrogens (tertiary/aromatic N) is 1. The molecule has 0 radical (unpaired) electrons. The van der Waals surface area contributed by atoms with E-state index in [1.165, 1.54) is 36.4 Å². The summed E-state index contributed by atoms with van der Waals surface area (Å²) in [7, 11) is 0. The molecule has 0 aliphatic carbocycles. The Hall–Kier alpha value is -2.76. The van der Waals surface area contributed by atoms with Gasteiger partial charge in [0, 0.05) is 17.7 Å². The van der Waals surface area contributed by atoms with Crippen molar-refractivity contribution in [3.8, 4) is 0 Å². The quantitative estimate of drug-likeness (QED) is 0.693. The van der Waals surface area contributed by atoms with Gasteiger partial charge in [-0.1, -0.05) is 18.2 Å². The SMILES string of the molecule is C[C@@H](NC(=O)c1cccc([N+](=O)[O-])c1)c1ccc(F)cc1. The third-order valence-electron chi connectivity index (χ3n) is 3.04. The first kappa shape index (κ1) is 14.6. The summed E-state index contributed by atoms with van der Waals surface area (Å²) in [6.07, 6.45) is 0. The van der Waals surface area contributed by atoms with Crippen LogP contribution in [0.3, 0.4) is 0 Å². The molecular weight excluding hydrogens is 275 g/mol. The van der Waals surface area contributed by atoms with Gasteiger partial charge in [0.05, 0.1) is 11.0 Å². The molecule has 2 aromatic rings. The zero-order valence-electron chi connectivity index (χ0n) is 11.2. The molecular formula is C15H13FN2O3. The third kappa shape index (κ3) is 3.62. The van der Waals surface area contributed by atoms with E-state index in [-0.39, 0.29) is 23.1 Å². The van der Waals surface area contributed by atoms with Crippen molar-refractivity contribution in [2.24, 2.45) is 0 Å². The molecule has 0 saturated heterocycles. The molecule has 0 aromatic heterocycles. The van der Waals surface area contributed by atoms with E-state index in [4.69, 9.17) is 0 Å². The molecule has 0 heterocycles. The van der Waals surface area contributed by atoms with Gasteiger partial charge in [-0.25, -0.2) is 4.39 Å². The highest BCUT2D eigenvalue weighted by Crippen LogP contribution is 2.16. The van der Waals surface area contributed by atoms with Crippen LogP contribution >= 0.6 is 0 Å². The molecule has 0 unspecified atom stereocenters. The van der Waals surface area contributed by atoms with E-state index >= 15 is 0 Å². The number of nitrogens with one attached hydrogen (secondary N) is 1. The van der Waals surface area contributed by atoms with Crippen LogP contribution in [0.4, 0.5) is 10.1 Å². The highest BCUT2D eigenvalue weighted by Gasteiger charge is 2.14. The van der Waals surface area contributed by atoms with Crippen LogP contribution in [0.1, 0.15) is 28.9 Å². The molecule has 21 heavy (non-hydrogen) atoms. The highest BCUT2D eigenvalue weighted by molar-refractivity contribution is 5.95. The van der Waals surface area contributed by atoms with Crippen LogP contribution < -0.4 is 5.32 Å². The first-order valence-electron chi connectivity index (χ1n) is 6.28. The van der Waals surface area contributed by atoms with Crippen molar-refractivity contribution < 1.29 is 14.1 Å². The number of rotatable bonds is 4. The van der Waals surface area contributed by atoms with Crippen LogP contribution in [0.25, 0.3) is 0 Å². The Morgan fingerprint density at radius 2 is 1.90 bits per heavy atom. The summed E-state index contributed by atoms with van der Waals surface area (Å²) in [4.78, 5) is 22.2. The molecule has 0 aliphatic rings. The van der Waals surface area contributed by atoms with Crippen LogP contribution in [0.2, 0.25) is 0 Å². The molecule has 6 heteroatoms. The van der Waals surface area contributed by atoms with E-state index < -0.39 is 10.8 Å². The lowest BCUT2D eigenvalue weighted by atomic mass is 10.1. The molecule has 0 aliphatic heterocycles. The van der Waals surface area contributed by atoms with Crippen LogP contribution in [-0.2, 0) is 0 Å². The highest BCUT2D eigenvalue weighted by atomic mass is 19.1. The Morgan fingerprint density at radius 3 is 2.52 bits per heavy atom. The van der Waals surface area contributed by atoms with Crippen molar-refractivity contribution in [1.29, 1.82) is 0 Å². The summed E-state index contributed by atoms with van der Waals surface area (Å²) >= 11 is 0. The van der Waals surface area contributed by atoms with E-state index in [1.54, 1.807) is 19.1 Å². The summed E-state index contributed by atoms with van der Waals surface area (Å²) < 4.78 is 12.8. The second-order valence-electron chi connectivity index (χ2n) is 4.55. The smallest absolute Gasteiger partial charge is 0.270 e. The van der Waals surface area contributed by atoms with Gasteiger partial charge in [-0.2, -0.15) is 0 Å². The lowest BCUT2D eigenvalue weighted by molar-refractivity contribution is -0.384. The maximum Gasteiger partial charge on any atom is 0.270 e. The molecule has 0 spiro atoms. The Labute approximate surface area is 120 Å². The van der Waals surface area contributed by atoms with E-state index in [2.05, 4.69) is 5.32 Å². The van der Waals surface area contributed by atoms with Gasteiger partial charge in [0.25, 0.3) is 11.6 Å². The predicted octanol–water partition coefficient (Wildman–Crippen LogP) is 3.22. The molecule has 1 N–H and O–H groups in total. The molecule has 2 aromatic carbocycles. The number of carbonyl (C=O) groups is 1. The van der Waals surface area contributed by atoms with Gasteiger partial charge in [0.2, 0.25) is 0 Å². The van der Waals surface area contributed by atoms with Crippen molar-refractivity contribution in [1.82, 2.24) is 5.32 Å². The van der Waals surface area contributed by atoms with Crippen molar-refractivity contribution in [3.63, 3.8) is 0 Å². The standard InChI is InChI=1S/C15H13FN2O3/c1-10(11-5-7-13(16)8-6-11)17-15(19)12-3-2-4-14(9-12)18(20)21/h2-10H,1H3,(H,17,19)/t10-/m1/s1. The summed E-state index contributed by atoms with van der Waals surface area (Å²) in [6, 6.07) is 10.9. The van der Waals surface area contributed by atoms with Gasteiger partial charge >= 0.3 is 0 Å². The summed E-state index contributed by atoms with van der Waals surface area (Å²) in [5, 5.41) is 13.4. The Balaban J connectivity index is 2.12. The number of halogens is 1. The van der Waals surface area contributed by atoms with E-state index in [0.717, 1.165) is 5.56 Å². The number of non-ortho nitro benzene ring substituents is 1. The van der Waals surface area contributed by atoms with Crippen LogP contribution in [0, 0.1) is 15.9 Å². The molecule has 1 amide bonds. The maximum absolute atomic E-state index is 12.8. The lowest BCUT2D eigenvalue weighted by Crippen LogP contribution is -2.26. The number of benzene rings is 2. The number of hydrogen-bond acceptors (Lipinski definition) is 3. The van der Waals surface area contributed by atoms with Gasteiger partial charge in [-0.15, -0.1) is 0 Å². The molecule has 1 atom stereocenters. The Bertz CT molecular complexity index is 671. The van der Waals surface area contributed by atoms with E-state index in [1.807, 2.05) is 0 Å². The number of amides is 1. The summed E-state index contributed by atoms with van der Waals surface area (Å²) in [6.45, 7) is 1.75. The second kappa shape index (κ2) is 6.13. The van der Waals surface area contributed by atoms with Gasteiger partial charge < -0.3 is 5.32 Å². The normalized spacial score (nSPS) is 11.7. The monoisotopic (exact) mass is 288 g/mol. The number of carbonyl (C=O) groups excluding carboxylic acids is 1. The maximum atomic E-state index is 12.8. The zero-order valence-corrected chi connectivity index (χ0v) is 11.2. The molecule has 0 saturated carbocycles. The van der Waals surface area contributed by atoms with Gasteiger partial charge in [0.15, 0.2) is 0 Å². The largest absolute Gasteiger partial charge is 0.346 e. The van der Waals surface area contributed by atoms with E-state index in [9.17, 15) is 19.3 Å². The number of nitro benzene ring substituents is 1. The van der Waals surface area contributed by atoms with Crippen molar-refractivity contribution in [2.75, 3.05) is 0 Å². The number of nitro groups is 1. The van der Waals surface area contributed by atoms with Gasteiger partial charge in [-0.3, -0.25) is 14.9 Å². The van der Waals surface area contributed by atoms with Crippen LogP contribution in [-0.4, -0.2) is 10.8 Å². The topological polar surface area (TPSA) is 72.2 Å². The van der Waals surface area contributed by atoms with Crippen molar-refractivity contribution in [2.45, 2.75) is 13.0 Å². The van der Waals surface area contributed by atoms with Crippen molar-refractivity contribution >= 4 is 11.6 Å². The van der Waals surface area contributed by atoms with E-state index in [0.29, 0.717) is 0 Å². The fourth-order valence-corrected chi connectivity index (χ4v) is 1.88. The molecule has 108 valence electrons. The fourth-order valence-electron chi connectivity index (χ4n) is 1.88. The van der Waals surface area contributed by atoms with Crippen LogP contribution in [0.15, 0.2) is 48.5 Å². The van der Waals surface area contributed by atoms with Crippen molar-refractivity contribution in [3.05, 3.63) is 75.6 Å². The fraction of sp³-hybridized carbons (Fsp3) is 0.133. The first-order valence-corrected chi connectivity index (χ1v) is 6.28. The second-order valence-corrected chi connectivity index (χ2v) is 4.55. The summed E-state index contributed by atoms with van der Waals surface area (Å²) in [5.41, 5.74) is 0.811. The minimum Gasteiger partial charge on any atom is -0.346 e. The summed E-state index contributed by atoms with van der Waals surface area (Å²) in [5.74, 6) is -0.772. The average molecular weight is 288 g/mol. The minimum absolute atomic E-state index is 0.142. The molecule has 2 rings (SSSR count). The molecule has 5 nitrogen and oxygen atoms in total. The first-order chi connectivity index (χ1) is 9.97. The van der Waals surface area contributed by atoms with Gasteiger partial charge in [0.1, 0.15) is 5.82 Å². The van der Waals surface area contributed by atoms with Gasteiger partial charge in [-0.05, 0) is 30.7 Å². The average Bonchev–Trinajstić information content (AvgIpc) is 2.48. The zero-order chi connectivity index (χ0) is 15.4. The third-order valence-corrected chi connectivity index (χ3v) is 3.04. The van der Waals surface area contributed by atoms with Crippen LogP contribution in [0.5, 0.6) is 0 Å². The Morgan fingerprint density at radius 1 is 1.24 bits per heavy atom. The minimum atomic E-state index is -0.555. The number of hydrogen-bond donors (Lipinski definition) is 1. The predicted molar refractivity (Wildman–Crippen MR) is 75.4 cm³/mol.